The third-order valence-corrected chi connectivity index (χ3v) is 4.81. The van der Waals surface area contributed by atoms with E-state index in [9.17, 15) is 0 Å². The molecular weight excluding hydrogens is 298 g/mol. The maximum absolute atomic E-state index is 5.48. The van der Waals surface area contributed by atoms with Crippen molar-refractivity contribution in [2.75, 3.05) is 21.3 Å². The summed E-state index contributed by atoms with van der Waals surface area (Å²) in [6.45, 7) is 4.54. The molecule has 2 atom stereocenters. The summed E-state index contributed by atoms with van der Waals surface area (Å²) in [5.41, 5.74) is 2.51. The Hall–Kier alpha value is -2.00. The maximum Gasteiger partial charge on any atom is 0.122 e. The molecule has 130 valence electrons. The van der Waals surface area contributed by atoms with Gasteiger partial charge >= 0.3 is 0 Å². The first kappa shape index (κ1) is 18.3. The molecule has 24 heavy (non-hydrogen) atoms. The maximum atomic E-state index is 5.48. The van der Waals surface area contributed by atoms with Crippen molar-refractivity contribution in [3.8, 4) is 11.5 Å². The molecule has 0 fully saturated rings. The highest BCUT2D eigenvalue weighted by atomic mass is 16.5. The molecule has 0 radical (unpaired) electrons. The van der Waals surface area contributed by atoms with Gasteiger partial charge in [-0.25, -0.2) is 0 Å². The van der Waals surface area contributed by atoms with E-state index < -0.39 is 0 Å². The Labute approximate surface area is 146 Å². The zero-order valence-corrected chi connectivity index (χ0v) is 15.5. The average Bonchev–Trinajstić information content (AvgIpc) is 2.61. The number of hydrogen-bond acceptors (Lipinski definition) is 3. The molecule has 0 bridgehead atoms. The molecule has 2 aromatic rings. The number of methoxy groups -OCH3 is 2. The van der Waals surface area contributed by atoms with Crippen LogP contribution in [0.4, 0.5) is 0 Å². The molecule has 0 spiro atoms. The molecule has 0 amide bonds. The molecule has 0 saturated carbocycles. The van der Waals surface area contributed by atoms with Crippen LogP contribution in [-0.2, 0) is 12.8 Å². The Morgan fingerprint density at radius 2 is 1.12 bits per heavy atom. The lowest BCUT2D eigenvalue weighted by Crippen LogP contribution is -2.39. The number of ether oxygens (including phenoxy) is 2. The Bertz CT molecular complexity index is 586. The summed E-state index contributed by atoms with van der Waals surface area (Å²) in [7, 11) is 5.66. The van der Waals surface area contributed by atoms with Gasteiger partial charge in [-0.3, -0.25) is 0 Å². The standard InChI is InChI=1S/C21H29NO2/c1-16(14-18-10-6-8-12-20(18)23-4)22(3)17(2)15-19-11-7-9-13-21(19)24-5/h6-13,16-17H,14-15H2,1-5H3. The predicted molar refractivity (Wildman–Crippen MR) is 100 cm³/mol. The van der Waals surface area contributed by atoms with E-state index in [1.54, 1.807) is 14.2 Å². The van der Waals surface area contributed by atoms with Crippen LogP contribution >= 0.6 is 0 Å². The van der Waals surface area contributed by atoms with Gasteiger partial charge in [-0.15, -0.1) is 0 Å². The fourth-order valence-electron chi connectivity index (χ4n) is 3.10. The van der Waals surface area contributed by atoms with E-state index >= 15 is 0 Å². The molecule has 0 aliphatic heterocycles. The molecule has 2 rings (SSSR count). The second kappa shape index (κ2) is 8.74. The van der Waals surface area contributed by atoms with Gasteiger partial charge in [0.1, 0.15) is 11.5 Å². The second-order valence-electron chi connectivity index (χ2n) is 6.40. The third-order valence-electron chi connectivity index (χ3n) is 4.81. The molecule has 2 unspecified atom stereocenters. The average molecular weight is 327 g/mol. The first-order valence-corrected chi connectivity index (χ1v) is 8.52. The number of benzene rings is 2. The van der Waals surface area contributed by atoms with Crippen molar-refractivity contribution in [3.63, 3.8) is 0 Å². The summed E-state index contributed by atoms with van der Waals surface area (Å²) in [5, 5.41) is 0. The Morgan fingerprint density at radius 3 is 1.50 bits per heavy atom. The summed E-state index contributed by atoms with van der Waals surface area (Å²) >= 11 is 0. The minimum Gasteiger partial charge on any atom is -0.496 e. The first-order valence-electron chi connectivity index (χ1n) is 8.52. The van der Waals surface area contributed by atoms with Crippen LogP contribution in [0.3, 0.4) is 0 Å². The number of likely N-dealkylation sites (N-methyl/N-ethyl adjacent to an activating group) is 1. The van der Waals surface area contributed by atoms with Gasteiger partial charge in [0.25, 0.3) is 0 Å². The van der Waals surface area contributed by atoms with Gasteiger partial charge in [-0.2, -0.15) is 0 Å². The minimum absolute atomic E-state index is 0.422. The highest BCUT2D eigenvalue weighted by Crippen LogP contribution is 2.23. The monoisotopic (exact) mass is 327 g/mol. The summed E-state index contributed by atoms with van der Waals surface area (Å²) in [5.74, 6) is 1.94. The van der Waals surface area contributed by atoms with Crippen LogP contribution in [0.5, 0.6) is 11.5 Å². The topological polar surface area (TPSA) is 21.7 Å². The zero-order chi connectivity index (χ0) is 17.5. The largest absolute Gasteiger partial charge is 0.496 e. The highest BCUT2D eigenvalue weighted by Gasteiger charge is 2.19. The van der Waals surface area contributed by atoms with Gasteiger partial charge in [0.15, 0.2) is 0 Å². The van der Waals surface area contributed by atoms with Crippen LogP contribution in [0.15, 0.2) is 48.5 Å². The fraction of sp³-hybridized carbons (Fsp3) is 0.429. The molecule has 2 aromatic carbocycles. The van der Waals surface area contributed by atoms with E-state index in [1.165, 1.54) is 11.1 Å². The molecule has 3 heteroatoms. The van der Waals surface area contributed by atoms with Crippen LogP contribution in [0.2, 0.25) is 0 Å². The molecule has 0 aromatic heterocycles. The smallest absolute Gasteiger partial charge is 0.122 e. The van der Waals surface area contributed by atoms with Crippen molar-refractivity contribution < 1.29 is 9.47 Å². The van der Waals surface area contributed by atoms with Crippen molar-refractivity contribution in [3.05, 3.63) is 59.7 Å². The molecule has 3 nitrogen and oxygen atoms in total. The number of rotatable bonds is 8. The Morgan fingerprint density at radius 1 is 0.750 bits per heavy atom. The van der Waals surface area contributed by atoms with Crippen LogP contribution in [-0.4, -0.2) is 38.3 Å². The van der Waals surface area contributed by atoms with E-state index in [2.05, 4.69) is 50.1 Å². The van der Waals surface area contributed by atoms with Gasteiger partial charge in [0.2, 0.25) is 0 Å². The second-order valence-corrected chi connectivity index (χ2v) is 6.40. The fourth-order valence-corrected chi connectivity index (χ4v) is 3.10. The van der Waals surface area contributed by atoms with Crippen molar-refractivity contribution in [2.45, 2.75) is 38.8 Å². The van der Waals surface area contributed by atoms with E-state index in [0.717, 1.165) is 24.3 Å². The van der Waals surface area contributed by atoms with Gasteiger partial charge in [-0.05, 0) is 57.0 Å². The van der Waals surface area contributed by atoms with Crippen LogP contribution < -0.4 is 9.47 Å². The molecule has 0 aliphatic rings. The number of para-hydroxylation sites is 2. The zero-order valence-electron chi connectivity index (χ0n) is 15.5. The lowest BCUT2D eigenvalue weighted by molar-refractivity contribution is 0.192. The quantitative estimate of drug-likeness (QED) is 0.725. The van der Waals surface area contributed by atoms with E-state index in [0.29, 0.717) is 12.1 Å². The normalized spacial score (nSPS) is 13.6. The summed E-state index contributed by atoms with van der Waals surface area (Å²) < 4.78 is 11.0. The first-order chi connectivity index (χ1) is 11.6. The number of nitrogens with zero attached hydrogens (tertiary/aromatic N) is 1. The summed E-state index contributed by atoms with van der Waals surface area (Å²) in [6, 6.07) is 17.4. The third kappa shape index (κ3) is 4.51. The summed E-state index contributed by atoms with van der Waals surface area (Å²) in [6.07, 6.45) is 1.94. The lowest BCUT2D eigenvalue weighted by Gasteiger charge is -2.31. The summed E-state index contributed by atoms with van der Waals surface area (Å²) in [4.78, 5) is 2.43. The van der Waals surface area contributed by atoms with E-state index in [1.807, 2.05) is 24.3 Å². The predicted octanol–water partition coefficient (Wildman–Crippen LogP) is 4.20. The van der Waals surface area contributed by atoms with Gasteiger partial charge < -0.3 is 14.4 Å². The van der Waals surface area contributed by atoms with E-state index in [4.69, 9.17) is 9.47 Å². The lowest BCUT2D eigenvalue weighted by atomic mass is 10.0. The van der Waals surface area contributed by atoms with Crippen molar-refractivity contribution in [1.29, 1.82) is 0 Å². The molecule has 0 aliphatic carbocycles. The highest BCUT2D eigenvalue weighted by molar-refractivity contribution is 5.35. The SMILES string of the molecule is COc1ccccc1CC(C)N(C)C(C)Cc1ccccc1OC. The molecule has 0 heterocycles. The minimum atomic E-state index is 0.422. The van der Waals surface area contributed by atoms with Crippen molar-refractivity contribution >= 4 is 0 Å². The van der Waals surface area contributed by atoms with Crippen LogP contribution in [0.25, 0.3) is 0 Å². The van der Waals surface area contributed by atoms with Gasteiger partial charge in [-0.1, -0.05) is 36.4 Å². The Kier molecular flexibility index (Phi) is 6.68. The molecule has 0 saturated heterocycles. The number of hydrogen-bond donors (Lipinski definition) is 0. The van der Waals surface area contributed by atoms with Crippen LogP contribution in [0.1, 0.15) is 25.0 Å². The van der Waals surface area contributed by atoms with E-state index in [-0.39, 0.29) is 0 Å². The Balaban J connectivity index is 2.03. The van der Waals surface area contributed by atoms with Crippen molar-refractivity contribution in [2.24, 2.45) is 0 Å². The van der Waals surface area contributed by atoms with Crippen molar-refractivity contribution in [1.82, 2.24) is 4.90 Å². The van der Waals surface area contributed by atoms with Crippen LogP contribution in [0, 0.1) is 0 Å². The van der Waals surface area contributed by atoms with Gasteiger partial charge in [0.05, 0.1) is 14.2 Å². The molecule has 0 N–H and O–H groups in total. The van der Waals surface area contributed by atoms with Gasteiger partial charge in [0, 0.05) is 12.1 Å². The molecular formula is C21H29NO2.